The van der Waals surface area contributed by atoms with Crippen molar-refractivity contribution in [2.75, 3.05) is 13.2 Å². The Balaban J connectivity index is 3.38. The lowest BCUT2D eigenvalue weighted by molar-refractivity contribution is 0.00247. The lowest BCUT2D eigenvalue weighted by Crippen LogP contribution is -2.47. The summed E-state index contributed by atoms with van der Waals surface area (Å²) in [7, 11) is 0. The van der Waals surface area contributed by atoms with Gasteiger partial charge in [-0.25, -0.2) is 0 Å². The second-order valence-electron chi connectivity index (χ2n) is 3.77. The monoisotopic (exact) mass is 175 g/mol. The van der Waals surface area contributed by atoms with Crippen LogP contribution in [0.4, 0.5) is 0 Å². The van der Waals surface area contributed by atoms with Gasteiger partial charge in [-0.2, -0.15) is 0 Å². The number of aliphatic hydroxyl groups excluding tert-OH is 1. The van der Waals surface area contributed by atoms with Crippen molar-refractivity contribution in [2.24, 2.45) is 5.73 Å². The number of ether oxygens (including phenoxy) is 1. The van der Waals surface area contributed by atoms with Gasteiger partial charge in [0.15, 0.2) is 0 Å². The first-order valence-electron chi connectivity index (χ1n) is 4.53. The van der Waals surface area contributed by atoms with Crippen LogP contribution in [0.3, 0.4) is 0 Å². The van der Waals surface area contributed by atoms with Crippen molar-refractivity contribution in [3.8, 4) is 0 Å². The number of rotatable bonds is 6. The zero-order valence-electron chi connectivity index (χ0n) is 8.34. The third-order valence-electron chi connectivity index (χ3n) is 1.78. The Hall–Kier alpha value is -0.120. The summed E-state index contributed by atoms with van der Waals surface area (Å²) in [4.78, 5) is 0. The molecule has 1 unspecified atom stereocenters. The lowest BCUT2D eigenvalue weighted by Gasteiger charge is -2.25. The normalized spacial score (nSPS) is 14.8. The van der Waals surface area contributed by atoms with Gasteiger partial charge in [0.1, 0.15) is 0 Å². The Kier molecular flexibility index (Phi) is 5.46. The van der Waals surface area contributed by atoms with E-state index < -0.39 is 11.6 Å². The van der Waals surface area contributed by atoms with Crippen LogP contribution in [0.2, 0.25) is 0 Å². The number of aliphatic hydroxyl groups is 1. The first-order valence-corrected chi connectivity index (χ1v) is 4.53. The maximum absolute atomic E-state index is 9.44. The van der Waals surface area contributed by atoms with Gasteiger partial charge in [-0.1, -0.05) is 13.3 Å². The van der Waals surface area contributed by atoms with Gasteiger partial charge in [0, 0.05) is 12.1 Å². The summed E-state index contributed by atoms with van der Waals surface area (Å²) in [5.74, 6) is 0. The van der Waals surface area contributed by atoms with Crippen LogP contribution in [0.15, 0.2) is 0 Å². The molecule has 74 valence electrons. The van der Waals surface area contributed by atoms with Gasteiger partial charge in [0.25, 0.3) is 0 Å². The summed E-state index contributed by atoms with van der Waals surface area (Å²) in [6, 6.07) is 0. The van der Waals surface area contributed by atoms with Crippen LogP contribution in [0.25, 0.3) is 0 Å². The highest BCUT2D eigenvalue weighted by Crippen LogP contribution is 2.05. The maximum Gasteiger partial charge on any atom is 0.0947 e. The quantitative estimate of drug-likeness (QED) is 0.590. The van der Waals surface area contributed by atoms with Crippen LogP contribution in [-0.2, 0) is 4.74 Å². The summed E-state index contributed by atoms with van der Waals surface area (Å²) in [6.45, 7) is 6.74. The van der Waals surface area contributed by atoms with E-state index in [1.807, 2.05) is 0 Å². The van der Waals surface area contributed by atoms with Crippen molar-refractivity contribution in [3.05, 3.63) is 0 Å². The largest absolute Gasteiger partial charge is 0.389 e. The van der Waals surface area contributed by atoms with Crippen LogP contribution in [-0.4, -0.2) is 30.0 Å². The molecule has 1 atom stereocenters. The van der Waals surface area contributed by atoms with Crippen molar-refractivity contribution in [1.82, 2.24) is 0 Å². The molecule has 0 radical (unpaired) electrons. The van der Waals surface area contributed by atoms with E-state index in [1.165, 1.54) is 0 Å². The fourth-order valence-corrected chi connectivity index (χ4v) is 0.656. The molecule has 0 aromatic heterocycles. The smallest absolute Gasteiger partial charge is 0.0947 e. The zero-order chi connectivity index (χ0) is 9.61. The summed E-state index contributed by atoms with van der Waals surface area (Å²) in [6.07, 6.45) is 1.58. The van der Waals surface area contributed by atoms with E-state index in [0.717, 1.165) is 12.8 Å². The Bertz CT molecular complexity index is 110. The highest BCUT2D eigenvalue weighted by molar-refractivity contribution is 4.81. The average molecular weight is 175 g/mol. The van der Waals surface area contributed by atoms with Crippen molar-refractivity contribution in [2.45, 2.75) is 45.3 Å². The lowest BCUT2D eigenvalue weighted by atomic mass is 10.00. The fourth-order valence-electron chi connectivity index (χ4n) is 0.656. The summed E-state index contributed by atoms with van der Waals surface area (Å²) in [5.41, 5.74) is 5.10. The van der Waals surface area contributed by atoms with Crippen LogP contribution in [0, 0.1) is 0 Å². The zero-order valence-corrected chi connectivity index (χ0v) is 8.34. The third kappa shape index (κ3) is 5.52. The van der Waals surface area contributed by atoms with Crippen LogP contribution >= 0.6 is 0 Å². The maximum atomic E-state index is 9.44. The minimum absolute atomic E-state index is 0.337. The first-order chi connectivity index (χ1) is 5.48. The molecule has 0 aromatic carbocycles. The Labute approximate surface area is 74.9 Å². The van der Waals surface area contributed by atoms with Gasteiger partial charge in [0.05, 0.1) is 12.7 Å². The average Bonchev–Trinajstić information content (AvgIpc) is 1.96. The predicted molar refractivity (Wildman–Crippen MR) is 50.0 cm³/mol. The molecule has 0 bridgehead atoms. The number of hydrogen-bond acceptors (Lipinski definition) is 3. The minimum Gasteiger partial charge on any atom is -0.389 e. The topological polar surface area (TPSA) is 55.5 Å². The molecule has 3 heteroatoms. The second-order valence-corrected chi connectivity index (χ2v) is 3.77. The van der Waals surface area contributed by atoms with E-state index in [-0.39, 0.29) is 0 Å². The summed E-state index contributed by atoms with van der Waals surface area (Å²) >= 11 is 0. The molecule has 0 fully saturated rings. The van der Waals surface area contributed by atoms with E-state index in [1.54, 1.807) is 13.8 Å². The van der Waals surface area contributed by atoms with E-state index in [2.05, 4.69) is 6.92 Å². The number of unbranched alkanes of at least 4 members (excludes halogenated alkanes) is 1. The molecular formula is C9H21NO2. The minimum atomic E-state index is -0.575. The molecule has 0 rings (SSSR count). The molecule has 0 aromatic rings. The van der Waals surface area contributed by atoms with Gasteiger partial charge in [-0.05, 0) is 20.3 Å². The highest BCUT2D eigenvalue weighted by Gasteiger charge is 2.22. The van der Waals surface area contributed by atoms with Gasteiger partial charge in [-0.3, -0.25) is 0 Å². The summed E-state index contributed by atoms with van der Waals surface area (Å²) in [5, 5.41) is 9.44. The summed E-state index contributed by atoms with van der Waals surface area (Å²) < 4.78 is 5.23. The Morgan fingerprint density at radius 2 is 2.08 bits per heavy atom. The van der Waals surface area contributed by atoms with E-state index >= 15 is 0 Å². The third-order valence-corrected chi connectivity index (χ3v) is 1.78. The number of hydrogen-bond donors (Lipinski definition) is 2. The fraction of sp³-hybridized carbons (Fsp3) is 1.00. The SMILES string of the molecule is CCCCOCC(O)C(C)(C)N. The Morgan fingerprint density at radius 3 is 2.50 bits per heavy atom. The Morgan fingerprint density at radius 1 is 1.50 bits per heavy atom. The standard InChI is InChI=1S/C9H21NO2/c1-4-5-6-12-7-8(11)9(2,3)10/h8,11H,4-7,10H2,1-3H3. The molecule has 0 heterocycles. The molecule has 0 aliphatic heterocycles. The van der Waals surface area contributed by atoms with Crippen molar-refractivity contribution >= 4 is 0 Å². The van der Waals surface area contributed by atoms with Crippen molar-refractivity contribution in [3.63, 3.8) is 0 Å². The molecule has 12 heavy (non-hydrogen) atoms. The van der Waals surface area contributed by atoms with E-state index in [9.17, 15) is 5.11 Å². The highest BCUT2D eigenvalue weighted by atomic mass is 16.5. The van der Waals surface area contributed by atoms with Gasteiger partial charge in [0.2, 0.25) is 0 Å². The molecule has 0 aliphatic rings. The van der Waals surface area contributed by atoms with E-state index in [4.69, 9.17) is 10.5 Å². The predicted octanol–water partition coefficient (Wildman–Crippen LogP) is 0.901. The second kappa shape index (κ2) is 5.51. The molecule has 0 saturated heterocycles. The van der Waals surface area contributed by atoms with Crippen LogP contribution < -0.4 is 5.73 Å². The van der Waals surface area contributed by atoms with Crippen LogP contribution in [0.1, 0.15) is 33.6 Å². The first kappa shape index (κ1) is 11.9. The molecule has 0 aliphatic carbocycles. The molecule has 3 nitrogen and oxygen atoms in total. The van der Waals surface area contributed by atoms with Gasteiger partial charge in [-0.15, -0.1) is 0 Å². The molecule has 0 spiro atoms. The molecule has 3 N–H and O–H groups in total. The van der Waals surface area contributed by atoms with Crippen molar-refractivity contribution in [1.29, 1.82) is 0 Å². The van der Waals surface area contributed by atoms with E-state index in [0.29, 0.717) is 13.2 Å². The number of nitrogens with two attached hydrogens (primary N) is 1. The van der Waals surface area contributed by atoms with Crippen LogP contribution in [0.5, 0.6) is 0 Å². The van der Waals surface area contributed by atoms with Gasteiger partial charge >= 0.3 is 0 Å². The molecule has 0 amide bonds. The molecular weight excluding hydrogens is 154 g/mol. The molecule has 0 saturated carbocycles. The van der Waals surface area contributed by atoms with Gasteiger partial charge < -0.3 is 15.6 Å². The van der Waals surface area contributed by atoms with Crippen molar-refractivity contribution < 1.29 is 9.84 Å².